The summed E-state index contributed by atoms with van der Waals surface area (Å²) < 4.78 is 59.4. The van der Waals surface area contributed by atoms with E-state index in [9.17, 15) is 8.78 Å². The molecule has 1 fully saturated rings. The largest absolute Gasteiger partial charge is 0.525 e. The normalized spacial score (nSPS) is 19.4. The Kier molecular flexibility index (Phi) is 6.37. The second kappa shape index (κ2) is 7.98. The molecule has 1 aliphatic heterocycles. The molecular formula is C19H24BF3O3. The SMILES string of the molecule is C=CCOCCC(=C(F)B1OC(C)(C)C(C)(C)O1)c1ccc(F)cc1F. The number of hydrogen-bond donors (Lipinski definition) is 0. The van der Waals surface area contributed by atoms with Gasteiger partial charge in [-0.1, -0.05) is 6.08 Å². The topological polar surface area (TPSA) is 27.7 Å². The Morgan fingerprint density at radius 3 is 2.35 bits per heavy atom. The highest BCUT2D eigenvalue weighted by atomic mass is 19.1. The van der Waals surface area contributed by atoms with Crippen molar-refractivity contribution in [2.75, 3.05) is 13.2 Å². The van der Waals surface area contributed by atoms with Gasteiger partial charge in [-0.25, -0.2) is 13.2 Å². The molecule has 1 aromatic rings. The average Bonchev–Trinajstić information content (AvgIpc) is 2.76. The summed E-state index contributed by atoms with van der Waals surface area (Å²) >= 11 is 0. The van der Waals surface area contributed by atoms with Gasteiger partial charge in [0.15, 0.2) is 0 Å². The standard InChI is InChI=1S/C19H24BF3O3/c1-6-10-24-11-9-15(14-8-7-13(21)12-16(14)22)17(23)20-25-18(2,3)19(4,5)26-20/h6-8,12H,1,9-11H2,2-5H3. The molecule has 1 saturated heterocycles. The molecule has 0 radical (unpaired) electrons. The molecular weight excluding hydrogens is 344 g/mol. The van der Waals surface area contributed by atoms with E-state index in [0.29, 0.717) is 0 Å². The second-order valence-electron chi connectivity index (χ2n) is 7.15. The number of benzene rings is 1. The Balaban J connectivity index is 2.38. The maximum absolute atomic E-state index is 15.2. The van der Waals surface area contributed by atoms with Gasteiger partial charge in [0, 0.05) is 11.6 Å². The lowest BCUT2D eigenvalue weighted by molar-refractivity contribution is 0.00578. The molecule has 1 heterocycles. The maximum atomic E-state index is 15.2. The lowest BCUT2D eigenvalue weighted by Gasteiger charge is -2.32. The minimum atomic E-state index is -1.26. The Labute approximate surface area is 153 Å². The Morgan fingerprint density at radius 1 is 1.19 bits per heavy atom. The molecule has 7 heteroatoms. The minimum Gasteiger partial charge on any atom is -0.398 e. The molecule has 1 aromatic carbocycles. The van der Waals surface area contributed by atoms with Gasteiger partial charge in [0.05, 0.1) is 24.4 Å². The van der Waals surface area contributed by atoms with Crippen molar-refractivity contribution in [1.29, 1.82) is 0 Å². The van der Waals surface area contributed by atoms with Gasteiger partial charge in [-0.3, -0.25) is 0 Å². The smallest absolute Gasteiger partial charge is 0.398 e. The second-order valence-corrected chi connectivity index (χ2v) is 7.15. The van der Waals surface area contributed by atoms with Crippen LogP contribution in [0.2, 0.25) is 0 Å². The highest BCUT2D eigenvalue weighted by Gasteiger charge is 2.53. The first kappa shape index (κ1) is 20.7. The van der Waals surface area contributed by atoms with Crippen LogP contribution >= 0.6 is 0 Å². The number of ether oxygens (including phenoxy) is 1. The van der Waals surface area contributed by atoms with E-state index >= 15 is 4.39 Å². The molecule has 2 rings (SSSR count). The molecule has 26 heavy (non-hydrogen) atoms. The van der Waals surface area contributed by atoms with E-state index in [1.807, 2.05) is 0 Å². The van der Waals surface area contributed by atoms with Crippen LogP contribution in [0.5, 0.6) is 0 Å². The molecule has 0 bridgehead atoms. The van der Waals surface area contributed by atoms with Crippen LogP contribution in [0.4, 0.5) is 13.2 Å². The van der Waals surface area contributed by atoms with Crippen LogP contribution in [-0.4, -0.2) is 31.5 Å². The third-order valence-electron chi connectivity index (χ3n) is 4.74. The number of hydrogen-bond acceptors (Lipinski definition) is 3. The first-order valence-corrected chi connectivity index (χ1v) is 8.47. The van der Waals surface area contributed by atoms with Crippen LogP contribution in [0.25, 0.3) is 5.57 Å². The third-order valence-corrected chi connectivity index (χ3v) is 4.74. The molecule has 0 unspecified atom stereocenters. The average molecular weight is 368 g/mol. The van der Waals surface area contributed by atoms with Gasteiger partial charge in [-0.2, -0.15) is 0 Å². The molecule has 0 atom stereocenters. The van der Waals surface area contributed by atoms with Gasteiger partial charge >= 0.3 is 7.12 Å². The monoisotopic (exact) mass is 368 g/mol. The van der Waals surface area contributed by atoms with Crippen LogP contribution in [0.3, 0.4) is 0 Å². The first-order valence-electron chi connectivity index (χ1n) is 8.47. The fourth-order valence-electron chi connectivity index (χ4n) is 2.55. The fourth-order valence-corrected chi connectivity index (χ4v) is 2.55. The molecule has 0 amide bonds. The van der Waals surface area contributed by atoms with Crippen LogP contribution in [0, 0.1) is 11.6 Å². The molecule has 0 N–H and O–H groups in total. The van der Waals surface area contributed by atoms with Gasteiger partial charge in [-0.05, 0) is 51.8 Å². The van der Waals surface area contributed by atoms with Crippen molar-refractivity contribution in [1.82, 2.24) is 0 Å². The summed E-state index contributed by atoms with van der Waals surface area (Å²) in [6.07, 6.45) is 1.64. The predicted molar refractivity (Wildman–Crippen MR) is 96.1 cm³/mol. The maximum Gasteiger partial charge on any atom is 0.525 e. The van der Waals surface area contributed by atoms with Crippen molar-refractivity contribution in [2.24, 2.45) is 0 Å². The van der Waals surface area contributed by atoms with E-state index < -0.39 is 35.7 Å². The number of rotatable bonds is 7. The summed E-state index contributed by atoms with van der Waals surface area (Å²) in [5.74, 6) is -1.58. The summed E-state index contributed by atoms with van der Waals surface area (Å²) in [4.78, 5) is 0. The zero-order chi connectivity index (χ0) is 19.5. The Bertz CT molecular complexity index is 685. The van der Waals surface area contributed by atoms with Crippen molar-refractivity contribution in [2.45, 2.75) is 45.3 Å². The molecule has 142 valence electrons. The van der Waals surface area contributed by atoms with Gasteiger partial charge in [-0.15, -0.1) is 6.58 Å². The van der Waals surface area contributed by atoms with Crippen molar-refractivity contribution in [3.8, 4) is 0 Å². The molecule has 1 aliphatic rings. The third kappa shape index (κ3) is 4.39. The molecule has 3 nitrogen and oxygen atoms in total. The fraction of sp³-hybridized carbons (Fsp3) is 0.474. The molecule has 0 spiro atoms. The summed E-state index contributed by atoms with van der Waals surface area (Å²) in [5, 5.41) is 0. The van der Waals surface area contributed by atoms with Crippen LogP contribution < -0.4 is 0 Å². The number of halogens is 3. The zero-order valence-electron chi connectivity index (χ0n) is 15.6. The lowest BCUT2D eigenvalue weighted by atomic mass is 9.81. The lowest BCUT2D eigenvalue weighted by Crippen LogP contribution is -2.41. The molecule has 0 aromatic heterocycles. The van der Waals surface area contributed by atoms with E-state index in [-0.39, 0.29) is 30.8 Å². The van der Waals surface area contributed by atoms with Crippen molar-refractivity contribution in [3.63, 3.8) is 0 Å². The minimum absolute atomic E-state index is 0.0325. The van der Waals surface area contributed by atoms with Gasteiger partial charge in [0.25, 0.3) is 0 Å². The molecule has 0 aliphatic carbocycles. The highest BCUT2D eigenvalue weighted by molar-refractivity contribution is 6.55. The van der Waals surface area contributed by atoms with E-state index in [4.69, 9.17) is 14.0 Å². The van der Waals surface area contributed by atoms with E-state index in [2.05, 4.69) is 6.58 Å². The predicted octanol–water partition coefficient (Wildman–Crippen LogP) is 4.87. The molecule has 0 saturated carbocycles. The van der Waals surface area contributed by atoms with Gasteiger partial charge < -0.3 is 14.0 Å². The Morgan fingerprint density at radius 2 is 1.81 bits per heavy atom. The van der Waals surface area contributed by atoms with Crippen molar-refractivity contribution < 1.29 is 27.2 Å². The van der Waals surface area contributed by atoms with Gasteiger partial charge in [0.2, 0.25) is 0 Å². The zero-order valence-corrected chi connectivity index (χ0v) is 15.6. The Hall–Kier alpha value is -1.57. The summed E-state index contributed by atoms with van der Waals surface area (Å²) in [5.41, 5.74) is -2.22. The van der Waals surface area contributed by atoms with Gasteiger partial charge in [0.1, 0.15) is 17.4 Å². The van der Waals surface area contributed by atoms with Crippen molar-refractivity contribution in [3.05, 3.63) is 53.8 Å². The van der Waals surface area contributed by atoms with E-state index in [1.165, 1.54) is 6.07 Å². The van der Waals surface area contributed by atoms with E-state index in [1.54, 1.807) is 33.8 Å². The van der Waals surface area contributed by atoms with Crippen LogP contribution in [-0.2, 0) is 14.0 Å². The summed E-state index contributed by atoms with van der Waals surface area (Å²) in [6, 6.07) is 3.01. The highest BCUT2D eigenvalue weighted by Crippen LogP contribution is 2.41. The quantitative estimate of drug-likeness (QED) is 0.391. The summed E-state index contributed by atoms with van der Waals surface area (Å²) in [7, 11) is -1.26. The van der Waals surface area contributed by atoms with E-state index in [0.717, 1.165) is 12.1 Å². The first-order chi connectivity index (χ1) is 12.1. The van der Waals surface area contributed by atoms with Crippen LogP contribution in [0.1, 0.15) is 39.7 Å². The van der Waals surface area contributed by atoms with Crippen molar-refractivity contribution >= 4 is 12.7 Å². The van der Waals surface area contributed by atoms with Crippen LogP contribution in [0.15, 0.2) is 36.6 Å². The summed E-state index contributed by atoms with van der Waals surface area (Å²) in [6.45, 7) is 11.2.